The number of aliphatic carboxylic acids is 2. The van der Waals surface area contributed by atoms with Crippen LogP contribution in [0.4, 0.5) is 0 Å². The summed E-state index contributed by atoms with van der Waals surface area (Å²) >= 11 is 2.25. The van der Waals surface area contributed by atoms with Crippen LogP contribution in [0.3, 0.4) is 0 Å². The van der Waals surface area contributed by atoms with Crippen molar-refractivity contribution in [2.45, 2.75) is 38.2 Å². The van der Waals surface area contributed by atoms with E-state index in [1.54, 1.807) is 0 Å². The van der Waals surface area contributed by atoms with Crippen molar-refractivity contribution in [1.29, 1.82) is 0 Å². The van der Waals surface area contributed by atoms with Crippen molar-refractivity contribution < 1.29 is 19.8 Å². The second-order valence-corrected chi connectivity index (χ2v) is 3.27. The monoisotopic (exact) mass is 196 g/mol. The van der Waals surface area contributed by atoms with Crippen LogP contribution >= 0.6 is 0 Å². The molecule has 0 aliphatic heterocycles. The average molecular weight is 196 g/mol. The second-order valence-electron chi connectivity index (χ2n) is 3.27. The molecule has 0 aromatic rings. The summed E-state index contributed by atoms with van der Waals surface area (Å²) in [6.07, 6.45) is 1.94. The van der Waals surface area contributed by atoms with Gasteiger partial charge >= 0.3 is 67.4 Å². The molecule has 0 aliphatic rings. The molecule has 2 N–H and O–H groups in total. The van der Waals surface area contributed by atoms with E-state index in [1.165, 1.54) is 17.9 Å². The first-order chi connectivity index (χ1) is 6.43. The molecule has 0 saturated heterocycles. The van der Waals surface area contributed by atoms with Gasteiger partial charge < -0.3 is 10.2 Å². The molecule has 0 rings (SSSR count). The van der Waals surface area contributed by atoms with Crippen molar-refractivity contribution in [3.63, 3.8) is 0 Å². The molecule has 78 valence electrons. The molecule has 0 aromatic carbocycles. The Kier molecular flexibility index (Phi) is 12.1. The van der Waals surface area contributed by atoms with Crippen LogP contribution in [0, 0.1) is 5.92 Å². The van der Waals surface area contributed by atoms with Crippen LogP contribution in [0.5, 0.6) is 0 Å². The second kappa shape index (κ2) is 10.6. The van der Waals surface area contributed by atoms with Crippen LogP contribution in [0.2, 0.25) is 5.09 Å². The zero-order valence-corrected chi connectivity index (χ0v) is 9.12. The van der Waals surface area contributed by atoms with Crippen molar-refractivity contribution in [2.24, 2.45) is 5.92 Å². The summed E-state index contributed by atoms with van der Waals surface area (Å²) in [6.45, 7) is 4.55. The molecule has 0 bridgehead atoms. The van der Waals surface area contributed by atoms with Crippen LogP contribution in [0.1, 0.15) is 33.1 Å². The van der Waals surface area contributed by atoms with E-state index in [2.05, 4.69) is 31.6 Å². The number of rotatable bonds is 5. The van der Waals surface area contributed by atoms with Gasteiger partial charge in [0.2, 0.25) is 0 Å². The van der Waals surface area contributed by atoms with Gasteiger partial charge in [-0.15, -0.1) is 0 Å². The Balaban J connectivity index is 0. The number of carboxylic acid groups (broad SMARTS) is 2. The van der Waals surface area contributed by atoms with Gasteiger partial charge in [0.15, 0.2) is 0 Å². The van der Waals surface area contributed by atoms with E-state index in [0.29, 0.717) is 0 Å². The van der Waals surface area contributed by atoms with Gasteiger partial charge in [0.05, 0.1) is 0 Å². The molecule has 0 saturated carbocycles. The van der Waals surface area contributed by atoms with Crippen LogP contribution in [0.25, 0.3) is 0 Å². The van der Waals surface area contributed by atoms with E-state index in [1.807, 2.05) is 0 Å². The van der Waals surface area contributed by atoms with Crippen molar-refractivity contribution in [3.8, 4) is 0 Å². The van der Waals surface area contributed by atoms with Crippen LogP contribution < -0.4 is 0 Å². The van der Waals surface area contributed by atoms with E-state index in [0.717, 1.165) is 5.92 Å². The van der Waals surface area contributed by atoms with Crippen molar-refractivity contribution in [1.82, 2.24) is 0 Å². The van der Waals surface area contributed by atoms with E-state index >= 15 is 0 Å². The minimum absolute atomic E-state index is 0.806. The fourth-order valence-corrected chi connectivity index (χ4v) is 0.826. The summed E-state index contributed by atoms with van der Waals surface area (Å²) in [5.41, 5.74) is 0. The molecule has 1 unspecified atom stereocenters. The predicted molar refractivity (Wildman–Crippen MR) is 54.5 cm³/mol. The van der Waals surface area contributed by atoms with Gasteiger partial charge in [-0.3, -0.25) is 9.59 Å². The van der Waals surface area contributed by atoms with Gasteiger partial charge in [0.25, 0.3) is 0 Å². The molecule has 0 amide bonds. The fraction of sp³-hybridized carbons (Fsp3) is 0.778. The first kappa shape index (κ1) is 16.0. The maximum atomic E-state index is 9.43. The van der Waals surface area contributed by atoms with E-state index in [9.17, 15) is 9.59 Å². The molecule has 1 atom stereocenters. The summed E-state index contributed by atoms with van der Waals surface area (Å²) in [5.74, 6) is -1.68. The molecule has 4 nitrogen and oxygen atoms in total. The average Bonchev–Trinajstić information content (AvgIpc) is 2.03. The SMILES string of the molecule is O=C(O)CC(=O)O.[Li][CH2]C(C)CCC. The molecule has 0 radical (unpaired) electrons. The zero-order chi connectivity index (χ0) is 11.6. The zero-order valence-electron chi connectivity index (χ0n) is 9.12. The summed E-state index contributed by atoms with van der Waals surface area (Å²) in [6, 6.07) is 0. The summed E-state index contributed by atoms with van der Waals surface area (Å²) < 4.78 is 0. The van der Waals surface area contributed by atoms with Gasteiger partial charge in [-0.25, -0.2) is 0 Å². The Labute approximate surface area is 93.9 Å². The summed E-state index contributed by atoms with van der Waals surface area (Å²) in [7, 11) is 0. The molecule has 0 aromatic heterocycles. The van der Waals surface area contributed by atoms with Gasteiger partial charge in [0, 0.05) is 0 Å². The number of hydrogen-bond acceptors (Lipinski definition) is 2. The van der Waals surface area contributed by atoms with Gasteiger partial charge in [0.1, 0.15) is 6.42 Å². The standard InChI is InChI=1S/C6H13.C3H4O4.Li/c1-4-5-6(2)3;4-2(5)1-3(6)7;/h6H,2,4-5H2,1,3H3;1H2,(H,4,5)(H,6,7);. The number of carbonyl (C=O) groups is 2. The summed E-state index contributed by atoms with van der Waals surface area (Å²) in [4.78, 5) is 18.9. The van der Waals surface area contributed by atoms with Gasteiger partial charge in [-0.2, -0.15) is 0 Å². The Hall–Kier alpha value is -0.463. The predicted octanol–water partition coefficient (Wildman–Crippen LogP) is 1.56. The first-order valence-electron chi connectivity index (χ1n) is 4.87. The van der Waals surface area contributed by atoms with E-state index < -0.39 is 18.4 Å². The van der Waals surface area contributed by atoms with E-state index in [-0.39, 0.29) is 0 Å². The fourth-order valence-electron chi connectivity index (χ4n) is 0.826. The molecule has 14 heavy (non-hydrogen) atoms. The van der Waals surface area contributed by atoms with Crippen LogP contribution in [-0.2, 0) is 9.59 Å². The Bertz CT molecular complexity index is 158. The first-order valence-corrected chi connectivity index (χ1v) is 4.87. The van der Waals surface area contributed by atoms with Crippen molar-refractivity contribution in [3.05, 3.63) is 0 Å². The minimum atomic E-state index is -1.31. The molecule has 0 aliphatic carbocycles. The molecule has 0 heterocycles. The topological polar surface area (TPSA) is 74.6 Å². The van der Waals surface area contributed by atoms with Crippen LogP contribution in [0.15, 0.2) is 0 Å². The quantitative estimate of drug-likeness (QED) is 0.516. The number of hydrogen-bond donors (Lipinski definition) is 2. The Morgan fingerprint density at radius 1 is 1.29 bits per heavy atom. The van der Waals surface area contributed by atoms with E-state index in [4.69, 9.17) is 10.2 Å². The van der Waals surface area contributed by atoms with Gasteiger partial charge in [-0.1, -0.05) is 0 Å². The summed E-state index contributed by atoms with van der Waals surface area (Å²) in [5, 5.41) is 16.7. The third kappa shape index (κ3) is 17.6. The van der Waals surface area contributed by atoms with Crippen LogP contribution in [-0.4, -0.2) is 39.9 Å². The molecular weight excluding hydrogens is 179 g/mol. The van der Waals surface area contributed by atoms with Crippen molar-refractivity contribution in [2.75, 3.05) is 0 Å². The molecule has 0 fully saturated rings. The normalized spacial score (nSPS) is 11.1. The van der Waals surface area contributed by atoms with Gasteiger partial charge in [-0.05, 0) is 0 Å². The third-order valence-electron chi connectivity index (χ3n) is 1.78. The van der Waals surface area contributed by atoms with Crippen molar-refractivity contribution >= 4 is 29.7 Å². The Morgan fingerprint density at radius 3 is 1.79 bits per heavy atom. The Morgan fingerprint density at radius 2 is 1.71 bits per heavy atom. The number of carboxylic acids is 2. The maximum absolute atomic E-state index is 9.43. The third-order valence-corrected chi connectivity index (χ3v) is 1.78. The molecular formula is C9H17LiO4. The molecule has 0 spiro atoms. The molecule has 5 heteroatoms.